The van der Waals surface area contributed by atoms with Crippen LogP contribution < -0.4 is 4.74 Å². The number of pyridine rings is 1. The Balaban J connectivity index is 1.74. The molecule has 0 amide bonds. The number of para-hydroxylation sites is 1. The summed E-state index contributed by atoms with van der Waals surface area (Å²) in [5, 5.41) is 10.0. The van der Waals surface area contributed by atoms with Crippen molar-refractivity contribution in [3.05, 3.63) is 59.9 Å². The van der Waals surface area contributed by atoms with Gasteiger partial charge in [0.05, 0.1) is 11.8 Å². The molecule has 0 radical (unpaired) electrons. The van der Waals surface area contributed by atoms with E-state index < -0.39 is 12.0 Å². The first-order valence-electron chi connectivity index (χ1n) is 9.89. The molecule has 0 unspecified atom stereocenters. The summed E-state index contributed by atoms with van der Waals surface area (Å²) in [5.41, 5.74) is 1.77. The minimum atomic E-state index is -0.835. The van der Waals surface area contributed by atoms with E-state index in [2.05, 4.69) is 14.8 Å². The number of nitrogens with zero attached hydrogens (tertiary/aromatic N) is 3. The van der Waals surface area contributed by atoms with E-state index in [9.17, 15) is 9.90 Å². The van der Waals surface area contributed by atoms with E-state index in [0.717, 1.165) is 43.9 Å². The SMILES string of the molecule is CC(C)Oc1ccccc1[C@@H](C(=O)O)N1CCCN(Cc2ccccn2)CC1. The number of hydrogen-bond acceptors (Lipinski definition) is 5. The lowest BCUT2D eigenvalue weighted by molar-refractivity contribution is -0.143. The zero-order valence-corrected chi connectivity index (χ0v) is 16.6. The normalized spacial score (nSPS) is 17.2. The number of carboxylic acids is 1. The summed E-state index contributed by atoms with van der Waals surface area (Å²) in [6.45, 7) is 7.88. The largest absolute Gasteiger partial charge is 0.491 e. The molecule has 1 atom stereocenters. The first-order chi connectivity index (χ1) is 13.5. The maximum atomic E-state index is 12.2. The smallest absolute Gasteiger partial charge is 0.325 e. The summed E-state index contributed by atoms with van der Waals surface area (Å²) in [6, 6.07) is 12.7. The van der Waals surface area contributed by atoms with Crippen LogP contribution in [0, 0.1) is 0 Å². The van der Waals surface area contributed by atoms with Crippen LogP contribution in [-0.2, 0) is 11.3 Å². The molecule has 1 aromatic carbocycles. The van der Waals surface area contributed by atoms with Crippen molar-refractivity contribution in [3.63, 3.8) is 0 Å². The van der Waals surface area contributed by atoms with E-state index in [0.29, 0.717) is 12.3 Å². The molecule has 6 nitrogen and oxygen atoms in total. The number of hydrogen-bond donors (Lipinski definition) is 1. The molecule has 0 saturated carbocycles. The molecule has 1 aromatic heterocycles. The van der Waals surface area contributed by atoms with Crippen LogP contribution >= 0.6 is 0 Å². The van der Waals surface area contributed by atoms with Gasteiger partial charge in [-0.3, -0.25) is 19.6 Å². The van der Waals surface area contributed by atoms with Gasteiger partial charge in [0, 0.05) is 37.9 Å². The van der Waals surface area contributed by atoms with Crippen LogP contribution in [0.15, 0.2) is 48.7 Å². The van der Waals surface area contributed by atoms with Crippen molar-refractivity contribution in [1.82, 2.24) is 14.8 Å². The summed E-state index contributed by atoms with van der Waals surface area (Å²) >= 11 is 0. The second-order valence-electron chi connectivity index (χ2n) is 7.43. The minimum absolute atomic E-state index is 0.00593. The highest BCUT2D eigenvalue weighted by Crippen LogP contribution is 2.31. The molecule has 1 saturated heterocycles. The maximum Gasteiger partial charge on any atom is 0.325 e. The summed E-state index contributed by atoms with van der Waals surface area (Å²) in [4.78, 5) is 21.0. The molecule has 28 heavy (non-hydrogen) atoms. The van der Waals surface area contributed by atoms with Crippen LogP contribution in [0.4, 0.5) is 0 Å². The van der Waals surface area contributed by atoms with Gasteiger partial charge in [-0.2, -0.15) is 0 Å². The number of aromatic nitrogens is 1. The fourth-order valence-electron chi connectivity index (χ4n) is 3.68. The molecule has 1 N–H and O–H groups in total. The molecule has 150 valence electrons. The summed E-state index contributed by atoms with van der Waals surface area (Å²) < 4.78 is 5.89. The summed E-state index contributed by atoms with van der Waals surface area (Å²) in [5.74, 6) is -0.183. The van der Waals surface area contributed by atoms with E-state index in [4.69, 9.17) is 4.74 Å². The van der Waals surface area contributed by atoms with Gasteiger partial charge in [0.25, 0.3) is 0 Å². The first-order valence-corrected chi connectivity index (χ1v) is 9.89. The highest BCUT2D eigenvalue weighted by molar-refractivity contribution is 5.76. The Morgan fingerprint density at radius 1 is 1.11 bits per heavy atom. The van der Waals surface area contributed by atoms with Gasteiger partial charge in [-0.25, -0.2) is 0 Å². The number of benzene rings is 1. The Morgan fingerprint density at radius 2 is 1.89 bits per heavy atom. The van der Waals surface area contributed by atoms with Crippen molar-refractivity contribution in [2.75, 3.05) is 26.2 Å². The number of aliphatic carboxylic acids is 1. The predicted molar refractivity (Wildman–Crippen MR) is 108 cm³/mol. The lowest BCUT2D eigenvalue weighted by Gasteiger charge is -2.29. The fourth-order valence-corrected chi connectivity index (χ4v) is 3.68. The van der Waals surface area contributed by atoms with Crippen molar-refractivity contribution < 1.29 is 14.6 Å². The predicted octanol–water partition coefficient (Wildman–Crippen LogP) is 3.20. The Bertz CT molecular complexity index is 767. The van der Waals surface area contributed by atoms with E-state index >= 15 is 0 Å². The monoisotopic (exact) mass is 383 g/mol. The Hall–Kier alpha value is -2.44. The average Bonchev–Trinajstić information content (AvgIpc) is 2.89. The summed E-state index contributed by atoms with van der Waals surface area (Å²) in [7, 11) is 0. The highest BCUT2D eigenvalue weighted by atomic mass is 16.5. The van der Waals surface area contributed by atoms with Crippen molar-refractivity contribution in [1.29, 1.82) is 0 Å². The molecule has 0 aliphatic carbocycles. The number of carbonyl (C=O) groups is 1. The van der Waals surface area contributed by atoms with Crippen LogP contribution in [0.2, 0.25) is 0 Å². The summed E-state index contributed by atoms with van der Waals surface area (Å²) in [6.07, 6.45) is 2.73. The lowest BCUT2D eigenvalue weighted by atomic mass is 10.0. The molecule has 2 heterocycles. The lowest BCUT2D eigenvalue weighted by Crippen LogP contribution is -2.37. The Labute approximate surface area is 166 Å². The Kier molecular flexibility index (Phi) is 7.01. The molecule has 2 aromatic rings. The van der Waals surface area contributed by atoms with E-state index in [1.54, 1.807) is 0 Å². The Morgan fingerprint density at radius 3 is 2.61 bits per heavy atom. The van der Waals surface area contributed by atoms with E-state index in [1.165, 1.54) is 0 Å². The molecular weight excluding hydrogens is 354 g/mol. The van der Waals surface area contributed by atoms with Crippen LogP contribution in [0.25, 0.3) is 0 Å². The standard InChI is InChI=1S/C22H29N3O3/c1-17(2)28-20-10-4-3-9-19(20)21(22(26)27)25-13-7-12-24(14-15-25)16-18-8-5-6-11-23-18/h3-6,8-11,17,21H,7,12-16H2,1-2H3,(H,26,27)/t21-/m0/s1. The van der Waals surface area contributed by atoms with Gasteiger partial charge >= 0.3 is 5.97 Å². The molecule has 0 spiro atoms. The van der Waals surface area contributed by atoms with Gasteiger partial charge in [-0.05, 0) is 45.0 Å². The quantitative estimate of drug-likeness (QED) is 0.792. The second-order valence-corrected chi connectivity index (χ2v) is 7.43. The highest BCUT2D eigenvalue weighted by Gasteiger charge is 2.31. The number of carboxylic acid groups (broad SMARTS) is 1. The van der Waals surface area contributed by atoms with Crippen LogP contribution in [0.3, 0.4) is 0 Å². The molecule has 1 fully saturated rings. The van der Waals surface area contributed by atoms with Gasteiger partial charge in [0.2, 0.25) is 0 Å². The third kappa shape index (κ3) is 5.30. The second kappa shape index (κ2) is 9.66. The zero-order valence-electron chi connectivity index (χ0n) is 16.6. The molecule has 3 rings (SSSR count). The maximum absolute atomic E-state index is 12.2. The third-order valence-corrected chi connectivity index (χ3v) is 4.91. The fraction of sp³-hybridized carbons (Fsp3) is 0.455. The molecule has 0 bridgehead atoms. The van der Waals surface area contributed by atoms with Gasteiger partial charge < -0.3 is 9.84 Å². The third-order valence-electron chi connectivity index (χ3n) is 4.91. The van der Waals surface area contributed by atoms with Crippen LogP contribution in [0.1, 0.15) is 37.6 Å². The van der Waals surface area contributed by atoms with E-state index in [-0.39, 0.29) is 6.10 Å². The minimum Gasteiger partial charge on any atom is -0.491 e. The zero-order chi connectivity index (χ0) is 19.9. The molecule has 1 aliphatic rings. The number of ether oxygens (including phenoxy) is 1. The average molecular weight is 383 g/mol. The van der Waals surface area contributed by atoms with Gasteiger partial charge in [0.1, 0.15) is 11.8 Å². The van der Waals surface area contributed by atoms with Gasteiger partial charge in [-0.15, -0.1) is 0 Å². The van der Waals surface area contributed by atoms with E-state index in [1.807, 2.05) is 62.5 Å². The number of rotatable bonds is 7. The van der Waals surface area contributed by atoms with Crippen molar-refractivity contribution >= 4 is 5.97 Å². The first kappa shape index (κ1) is 20.3. The van der Waals surface area contributed by atoms with Crippen molar-refractivity contribution in [3.8, 4) is 5.75 Å². The van der Waals surface area contributed by atoms with Crippen molar-refractivity contribution in [2.24, 2.45) is 0 Å². The van der Waals surface area contributed by atoms with Crippen LogP contribution in [-0.4, -0.2) is 58.1 Å². The van der Waals surface area contributed by atoms with Gasteiger partial charge in [0.15, 0.2) is 0 Å². The molecule has 6 heteroatoms. The van der Waals surface area contributed by atoms with Crippen LogP contribution in [0.5, 0.6) is 5.75 Å². The van der Waals surface area contributed by atoms with Crippen molar-refractivity contribution in [2.45, 2.75) is 39.0 Å². The molecular formula is C22H29N3O3. The van der Waals surface area contributed by atoms with Gasteiger partial charge in [-0.1, -0.05) is 24.3 Å². The molecule has 1 aliphatic heterocycles. The topological polar surface area (TPSA) is 65.9 Å².